The number of nitrogens with two attached hydrogens (primary N) is 1. The lowest BCUT2D eigenvalue weighted by molar-refractivity contribution is 0.235. The van der Waals surface area contributed by atoms with Gasteiger partial charge in [0.25, 0.3) is 0 Å². The Morgan fingerprint density at radius 1 is 1.41 bits per heavy atom. The van der Waals surface area contributed by atoms with Crippen LogP contribution >= 0.6 is 15.9 Å². The number of nitrogen functional groups attached to an aromatic ring is 1. The summed E-state index contributed by atoms with van der Waals surface area (Å²) in [5.74, 6) is 0. The molecule has 17 heavy (non-hydrogen) atoms. The molecule has 0 spiro atoms. The van der Waals surface area contributed by atoms with E-state index < -0.39 is 0 Å². The summed E-state index contributed by atoms with van der Waals surface area (Å²) in [4.78, 5) is 0. The number of halogens is 1. The van der Waals surface area contributed by atoms with Gasteiger partial charge in [0.15, 0.2) is 0 Å². The predicted octanol–water partition coefficient (Wildman–Crippen LogP) is 3.24. The average Bonchev–Trinajstić information content (AvgIpc) is 2.19. The smallest absolute Gasteiger partial charge is 0.0488 e. The fraction of sp³-hybridized carbons (Fsp3) is 0.538. The van der Waals surface area contributed by atoms with Crippen molar-refractivity contribution >= 4 is 27.3 Å². The van der Waals surface area contributed by atoms with E-state index in [9.17, 15) is 0 Å². The van der Waals surface area contributed by atoms with Gasteiger partial charge in [-0.25, -0.2) is 0 Å². The molecule has 1 aromatic rings. The van der Waals surface area contributed by atoms with Crippen LogP contribution in [0.2, 0.25) is 0 Å². The van der Waals surface area contributed by atoms with E-state index >= 15 is 0 Å². The van der Waals surface area contributed by atoms with Crippen LogP contribution in [0.3, 0.4) is 0 Å². The second-order valence-corrected chi connectivity index (χ2v) is 6.17. The Kier molecular flexibility index (Phi) is 4.83. The SMILES string of the molecule is CC(C)(C)C(CCO)Nc1ccc(N)cc1Br. The number of aliphatic hydroxyl groups excluding tert-OH is 1. The van der Waals surface area contributed by atoms with E-state index in [1.165, 1.54) is 0 Å². The fourth-order valence-electron chi connectivity index (χ4n) is 1.69. The van der Waals surface area contributed by atoms with Crippen molar-refractivity contribution in [2.45, 2.75) is 33.2 Å². The summed E-state index contributed by atoms with van der Waals surface area (Å²) in [7, 11) is 0. The average molecular weight is 301 g/mol. The quantitative estimate of drug-likeness (QED) is 0.748. The number of hydrogen-bond acceptors (Lipinski definition) is 3. The van der Waals surface area contributed by atoms with Crippen molar-refractivity contribution < 1.29 is 5.11 Å². The van der Waals surface area contributed by atoms with Crippen molar-refractivity contribution in [3.05, 3.63) is 22.7 Å². The molecule has 0 fully saturated rings. The fourth-order valence-corrected chi connectivity index (χ4v) is 2.20. The Hall–Kier alpha value is -0.740. The highest BCUT2D eigenvalue weighted by molar-refractivity contribution is 9.10. The van der Waals surface area contributed by atoms with Gasteiger partial charge in [-0.3, -0.25) is 0 Å². The van der Waals surface area contributed by atoms with Crippen LogP contribution in [0.25, 0.3) is 0 Å². The second kappa shape index (κ2) is 5.74. The third-order valence-corrected chi connectivity index (χ3v) is 3.44. The summed E-state index contributed by atoms with van der Waals surface area (Å²) >= 11 is 3.49. The Bertz CT molecular complexity index is 374. The zero-order chi connectivity index (χ0) is 13.1. The lowest BCUT2D eigenvalue weighted by Gasteiger charge is -2.32. The Morgan fingerprint density at radius 2 is 2.06 bits per heavy atom. The van der Waals surface area contributed by atoms with Crippen LogP contribution in [0.15, 0.2) is 22.7 Å². The summed E-state index contributed by atoms with van der Waals surface area (Å²) in [6.45, 7) is 6.66. The summed E-state index contributed by atoms with van der Waals surface area (Å²) in [5, 5.41) is 12.6. The Balaban J connectivity index is 2.86. The van der Waals surface area contributed by atoms with Crippen molar-refractivity contribution in [3.8, 4) is 0 Å². The van der Waals surface area contributed by atoms with Crippen molar-refractivity contribution in [1.29, 1.82) is 0 Å². The van der Waals surface area contributed by atoms with Gasteiger partial charge in [-0.15, -0.1) is 0 Å². The van der Waals surface area contributed by atoms with Gasteiger partial charge in [-0.2, -0.15) is 0 Å². The molecular formula is C13H21BrN2O. The molecular weight excluding hydrogens is 280 g/mol. The number of benzene rings is 1. The van der Waals surface area contributed by atoms with Crippen LogP contribution in [0, 0.1) is 5.41 Å². The van der Waals surface area contributed by atoms with Crippen LogP contribution in [0.4, 0.5) is 11.4 Å². The molecule has 1 aromatic carbocycles. The molecule has 0 bridgehead atoms. The zero-order valence-corrected chi connectivity index (χ0v) is 12.2. The highest BCUT2D eigenvalue weighted by atomic mass is 79.9. The van der Waals surface area contributed by atoms with Crippen molar-refractivity contribution in [1.82, 2.24) is 0 Å². The lowest BCUT2D eigenvalue weighted by atomic mass is 9.85. The first kappa shape index (κ1) is 14.3. The third-order valence-electron chi connectivity index (χ3n) is 2.79. The van der Waals surface area contributed by atoms with Crippen molar-refractivity contribution in [2.24, 2.45) is 5.41 Å². The van der Waals surface area contributed by atoms with Crippen LogP contribution < -0.4 is 11.1 Å². The number of anilines is 2. The molecule has 4 N–H and O–H groups in total. The molecule has 3 nitrogen and oxygen atoms in total. The van der Waals surface area contributed by atoms with E-state index in [2.05, 4.69) is 42.0 Å². The maximum absolute atomic E-state index is 9.12. The molecule has 0 aliphatic heterocycles. The highest BCUT2D eigenvalue weighted by Crippen LogP contribution is 2.30. The first-order valence-electron chi connectivity index (χ1n) is 5.77. The van der Waals surface area contributed by atoms with E-state index in [1.807, 2.05) is 18.2 Å². The maximum atomic E-state index is 9.12. The molecule has 0 saturated carbocycles. The van der Waals surface area contributed by atoms with E-state index in [4.69, 9.17) is 10.8 Å². The van der Waals surface area contributed by atoms with Gasteiger partial charge in [0, 0.05) is 28.5 Å². The van der Waals surface area contributed by atoms with Gasteiger partial charge in [-0.1, -0.05) is 20.8 Å². The molecule has 0 heterocycles. The standard InChI is InChI=1S/C13H21BrN2O/c1-13(2,3)12(6-7-17)16-11-5-4-9(15)8-10(11)14/h4-5,8,12,16-17H,6-7,15H2,1-3H3. The molecule has 0 aliphatic rings. The van der Waals surface area contributed by atoms with Gasteiger partial charge in [0.05, 0.1) is 0 Å². The lowest BCUT2D eigenvalue weighted by Crippen LogP contribution is -2.34. The highest BCUT2D eigenvalue weighted by Gasteiger charge is 2.24. The first-order chi connectivity index (χ1) is 7.84. The van der Waals surface area contributed by atoms with E-state index in [0.717, 1.165) is 22.3 Å². The minimum atomic E-state index is 0.0869. The molecule has 1 atom stereocenters. The largest absolute Gasteiger partial charge is 0.399 e. The van der Waals surface area contributed by atoms with Gasteiger partial charge in [-0.05, 0) is 46.0 Å². The second-order valence-electron chi connectivity index (χ2n) is 5.31. The summed E-state index contributed by atoms with van der Waals surface area (Å²) < 4.78 is 0.949. The molecule has 4 heteroatoms. The van der Waals surface area contributed by atoms with Crippen LogP contribution in [-0.4, -0.2) is 17.8 Å². The molecule has 0 amide bonds. The molecule has 0 radical (unpaired) electrons. The molecule has 0 saturated heterocycles. The molecule has 1 unspecified atom stereocenters. The maximum Gasteiger partial charge on any atom is 0.0488 e. The number of rotatable bonds is 4. The predicted molar refractivity (Wildman–Crippen MR) is 77.1 cm³/mol. The van der Waals surface area contributed by atoms with Crippen LogP contribution in [0.5, 0.6) is 0 Å². The summed E-state index contributed by atoms with van der Waals surface area (Å²) in [6, 6.07) is 5.91. The number of hydrogen-bond donors (Lipinski definition) is 3. The van der Waals surface area contributed by atoms with E-state index in [1.54, 1.807) is 0 Å². The molecule has 96 valence electrons. The van der Waals surface area contributed by atoms with Crippen LogP contribution in [0.1, 0.15) is 27.2 Å². The van der Waals surface area contributed by atoms with Gasteiger partial charge in [0.1, 0.15) is 0 Å². The minimum absolute atomic E-state index is 0.0869. The number of aliphatic hydroxyl groups is 1. The zero-order valence-electron chi connectivity index (χ0n) is 10.6. The topological polar surface area (TPSA) is 58.3 Å². The summed E-state index contributed by atoms with van der Waals surface area (Å²) in [5.41, 5.74) is 7.53. The van der Waals surface area contributed by atoms with Gasteiger partial charge >= 0.3 is 0 Å². The van der Waals surface area contributed by atoms with Crippen molar-refractivity contribution in [2.75, 3.05) is 17.7 Å². The molecule has 0 aromatic heterocycles. The van der Waals surface area contributed by atoms with Crippen LogP contribution in [-0.2, 0) is 0 Å². The van der Waals surface area contributed by atoms with Gasteiger partial charge in [0.2, 0.25) is 0 Å². The normalized spacial score (nSPS) is 13.5. The molecule has 0 aliphatic carbocycles. The Labute approximate surface area is 112 Å². The monoisotopic (exact) mass is 300 g/mol. The summed E-state index contributed by atoms with van der Waals surface area (Å²) in [6.07, 6.45) is 0.723. The first-order valence-corrected chi connectivity index (χ1v) is 6.56. The van der Waals surface area contributed by atoms with E-state index in [-0.39, 0.29) is 18.1 Å². The van der Waals surface area contributed by atoms with Crippen molar-refractivity contribution in [3.63, 3.8) is 0 Å². The molecule has 1 rings (SSSR count). The minimum Gasteiger partial charge on any atom is -0.399 e. The number of nitrogens with one attached hydrogen (secondary N) is 1. The van der Waals surface area contributed by atoms with E-state index in [0.29, 0.717) is 0 Å². The van der Waals surface area contributed by atoms with Gasteiger partial charge < -0.3 is 16.2 Å². The Morgan fingerprint density at radius 3 is 2.53 bits per heavy atom. The third kappa shape index (κ3) is 4.21.